The maximum absolute atomic E-state index is 12.0. The van der Waals surface area contributed by atoms with E-state index >= 15 is 0 Å². The molecule has 0 bridgehead atoms. The number of aryl methyl sites for hydroxylation is 1. The van der Waals surface area contributed by atoms with Crippen molar-refractivity contribution in [3.63, 3.8) is 0 Å². The van der Waals surface area contributed by atoms with Crippen LogP contribution in [0, 0.1) is 6.92 Å². The molecule has 0 atom stereocenters. The van der Waals surface area contributed by atoms with E-state index in [9.17, 15) is 4.79 Å². The van der Waals surface area contributed by atoms with Crippen molar-refractivity contribution < 1.29 is 9.32 Å². The van der Waals surface area contributed by atoms with Crippen LogP contribution in [0.4, 0.5) is 5.13 Å². The summed E-state index contributed by atoms with van der Waals surface area (Å²) in [5.74, 6) is -0.0124. The van der Waals surface area contributed by atoms with Gasteiger partial charge in [-0.3, -0.25) is 9.69 Å². The Morgan fingerprint density at radius 3 is 2.94 bits per heavy atom. The number of carbonyl (C=O) groups is 1. The quantitative estimate of drug-likeness (QED) is 0.866. The lowest BCUT2D eigenvalue weighted by Crippen LogP contribution is -2.26. The van der Waals surface area contributed by atoms with Crippen LogP contribution < -0.4 is 4.90 Å². The van der Waals surface area contributed by atoms with Crippen LogP contribution in [0.15, 0.2) is 16.1 Å². The minimum atomic E-state index is -0.0124. The third kappa shape index (κ3) is 2.70. The van der Waals surface area contributed by atoms with Gasteiger partial charge in [0.15, 0.2) is 5.13 Å². The molecule has 2 aromatic heterocycles. The zero-order valence-electron chi connectivity index (χ0n) is 10.0. The maximum atomic E-state index is 12.0. The maximum Gasteiger partial charge on any atom is 0.229 e. The van der Waals surface area contributed by atoms with Gasteiger partial charge in [0.25, 0.3) is 0 Å². The van der Waals surface area contributed by atoms with Gasteiger partial charge >= 0.3 is 0 Å². The lowest BCUT2D eigenvalue weighted by Gasteiger charge is -2.13. The van der Waals surface area contributed by atoms with Gasteiger partial charge in [0.1, 0.15) is 0 Å². The number of carbonyl (C=O) groups excluding carboxylic acids is 1. The highest BCUT2D eigenvalue weighted by atomic mass is 35.5. The minimum Gasteiger partial charge on any atom is -0.344 e. The van der Waals surface area contributed by atoms with Crippen LogP contribution >= 0.6 is 22.9 Å². The Balaban J connectivity index is 1.97. The largest absolute Gasteiger partial charge is 0.344 e. The van der Waals surface area contributed by atoms with E-state index in [4.69, 9.17) is 16.1 Å². The number of amides is 1. The van der Waals surface area contributed by atoms with Crippen LogP contribution in [0.1, 0.15) is 17.7 Å². The minimum absolute atomic E-state index is 0.0124. The summed E-state index contributed by atoms with van der Waals surface area (Å²) >= 11 is 7.27. The molecule has 0 aliphatic heterocycles. The summed E-state index contributed by atoms with van der Waals surface area (Å²) in [5.41, 5.74) is 1.52. The number of hydrogen-bond acceptors (Lipinski definition) is 5. The molecule has 0 saturated carbocycles. The normalized spacial score (nSPS) is 10.6. The molecule has 2 rings (SSSR count). The summed E-state index contributed by atoms with van der Waals surface area (Å²) in [7, 11) is 1.71. The first-order valence-electron chi connectivity index (χ1n) is 5.36. The Morgan fingerprint density at radius 2 is 2.39 bits per heavy atom. The molecule has 0 spiro atoms. The van der Waals surface area contributed by atoms with Crippen molar-refractivity contribution in [1.29, 1.82) is 0 Å². The van der Waals surface area contributed by atoms with E-state index < -0.39 is 0 Å². The van der Waals surface area contributed by atoms with E-state index in [0.29, 0.717) is 18.0 Å². The lowest BCUT2D eigenvalue weighted by molar-refractivity contribution is -0.118. The van der Waals surface area contributed by atoms with E-state index in [-0.39, 0.29) is 11.1 Å². The lowest BCUT2D eigenvalue weighted by atomic mass is 10.1. The topological polar surface area (TPSA) is 59.2 Å². The van der Waals surface area contributed by atoms with Gasteiger partial charge in [0, 0.05) is 30.6 Å². The van der Waals surface area contributed by atoms with E-state index in [1.165, 1.54) is 11.3 Å². The molecule has 0 radical (unpaired) electrons. The summed E-state index contributed by atoms with van der Waals surface area (Å²) in [6.07, 6.45) is 2.53. The van der Waals surface area contributed by atoms with Crippen LogP contribution in [0.25, 0.3) is 0 Å². The third-order valence-electron chi connectivity index (χ3n) is 2.61. The molecule has 1 amide bonds. The van der Waals surface area contributed by atoms with Crippen molar-refractivity contribution in [3.8, 4) is 0 Å². The summed E-state index contributed by atoms with van der Waals surface area (Å²) < 4.78 is 4.84. The predicted molar refractivity (Wildman–Crippen MR) is 70.1 cm³/mol. The van der Waals surface area contributed by atoms with Crippen molar-refractivity contribution in [2.24, 2.45) is 0 Å². The fourth-order valence-electron chi connectivity index (χ4n) is 1.53. The Hall–Kier alpha value is -1.40. The third-order valence-corrected chi connectivity index (χ3v) is 3.75. The molecule has 0 fully saturated rings. The number of nitrogens with zero attached hydrogens (tertiary/aromatic N) is 3. The highest BCUT2D eigenvalue weighted by Crippen LogP contribution is 2.22. The highest BCUT2D eigenvalue weighted by Gasteiger charge is 2.16. The first-order valence-corrected chi connectivity index (χ1v) is 6.62. The molecular weight excluding hydrogens is 274 g/mol. The van der Waals surface area contributed by atoms with E-state index in [2.05, 4.69) is 10.1 Å². The van der Waals surface area contributed by atoms with Gasteiger partial charge in [0.2, 0.25) is 11.1 Å². The second kappa shape index (κ2) is 5.49. The number of anilines is 1. The summed E-state index contributed by atoms with van der Waals surface area (Å²) in [4.78, 5) is 17.6. The van der Waals surface area contributed by atoms with Gasteiger partial charge in [0.05, 0.1) is 5.69 Å². The molecular formula is C11H12ClN3O2S. The molecule has 0 saturated heterocycles. The SMILES string of the molecule is Cc1noc(Cl)c1CCC(=O)N(C)c1nccs1. The van der Waals surface area contributed by atoms with E-state index in [1.807, 2.05) is 5.38 Å². The molecule has 0 N–H and O–H groups in total. The summed E-state index contributed by atoms with van der Waals surface area (Å²) in [5, 5.41) is 6.53. The molecule has 2 aromatic rings. The predicted octanol–water partition coefficient (Wildman–Crippen LogP) is 2.69. The molecule has 18 heavy (non-hydrogen) atoms. The van der Waals surface area contributed by atoms with Crippen molar-refractivity contribution in [1.82, 2.24) is 10.1 Å². The van der Waals surface area contributed by atoms with Crippen molar-refractivity contribution in [2.45, 2.75) is 19.8 Å². The number of aromatic nitrogens is 2. The van der Waals surface area contributed by atoms with Crippen LogP contribution in [-0.2, 0) is 11.2 Å². The average molecular weight is 286 g/mol. The zero-order chi connectivity index (χ0) is 13.1. The second-order valence-corrected chi connectivity index (χ2v) is 5.00. The Bertz CT molecular complexity index is 519. The fraction of sp³-hybridized carbons (Fsp3) is 0.364. The Labute approximate surface area is 113 Å². The zero-order valence-corrected chi connectivity index (χ0v) is 11.6. The van der Waals surface area contributed by atoms with Crippen molar-refractivity contribution >= 4 is 34.0 Å². The average Bonchev–Trinajstić information content (AvgIpc) is 2.97. The standard InChI is InChI=1S/C11H12ClN3O2S/c1-7-8(10(12)17-14-7)3-4-9(16)15(2)11-13-5-6-18-11/h5-6H,3-4H2,1-2H3. The highest BCUT2D eigenvalue weighted by molar-refractivity contribution is 7.13. The Kier molecular flexibility index (Phi) is 3.98. The van der Waals surface area contributed by atoms with Crippen LogP contribution in [0.2, 0.25) is 5.22 Å². The van der Waals surface area contributed by atoms with Crippen LogP contribution in [0.5, 0.6) is 0 Å². The van der Waals surface area contributed by atoms with Crippen molar-refractivity contribution in [3.05, 3.63) is 28.1 Å². The van der Waals surface area contributed by atoms with E-state index in [1.54, 1.807) is 25.1 Å². The Morgan fingerprint density at radius 1 is 1.61 bits per heavy atom. The second-order valence-electron chi connectivity index (χ2n) is 3.79. The fourth-order valence-corrected chi connectivity index (χ4v) is 2.42. The number of halogens is 1. The molecule has 96 valence electrons. The van der Waals surface area contributed by atoms with Crippen molar-refractivity contribution in [2.75, 3.05) is 11.9 Å². The molecule has 0 aromatic carbocycles. The first-order chi connectivity index (χ1) is 8.59. The van der Waals surface area contributed by atoms with Crippen LogP contribution in [-0.4, -0.2) is 23.1 Å². The molecule has 5 nitrogen and oxygen atoms in total. The molecule has 7 heteroatoms. The van der Waals surface area contributed by atoms with Gasteiger partial charge in [-0.2, -0.15) is 0 Å². The molecule has 0 unspecified atom stereocenters. The number of hydrogen-bond donors (Lipinski definition) is 0. The summed E-state index contributed by atoms with van der Waals surface area (Å²) in [6, 6.07) is 0. The molecule has 0 aliphatic carbocycles. The first kappa shape index (κ1) is 13.0. The van der Waals surface area contributed by atoms with Gasteiger partial charge in [-0.25, -0.2) is 4.98 Å². The number of thiazole rings is 1. The smallest absolute Gasteiger partial charge is 0.229 e. The van der Waals surface area contributed by atoms with Gasteiger partial charge < -0.3 is 4.52 Å². The van der Waals surface area contributed by atoms with Gasteiger partial charge in [-0.05, 0) is 24.9 Å². The molecule has 0 aliphatic rings. The number of rotatable bonds is 4. The molecule has 2 heterocycles. The summed E-state index contributed by atoms with van der Waals surface area (Å²) in [6.45, 7) is 1.81. The monoisotopic (exact) mass is 285 g/mol. The van der Waals surface area contributed by atoms with Gasteiger partial charge in [-0.15, -0.1) is 11.3 Å². The van der Waals surface area contributed by atoms with Crippen LogP contribution in [0.3, 0.4) is 0 Å². The van der Waals surface area contributed by atoms with Gasteiger partial charge in [-0.1, -0.05) is 5.16 Å². The van der Waals surface area contributed by atoms with E-state index in [0.717, 1.165) is 11.3 Å².